The highest BCUT2D eigenvalue weighted by molar-refractivity contribution is 7.16. The number of aliphatic imine (C=N–C) groups is 1. The summed E-state index contributed by atoms with van der Waals surface area (Å²) >= 11 is 1.16. The van der Waals surface area contributed by atoms with Crippen molar-refractivity contribution < 1.29 is 14.7 Å². The number of carbonyl (C=O) groups excluding carboxylic acids is 2. The highest BCUT2D eigenvalue weighted by Gasteiger charge is 2.13. The van der Waals surface area contributed by atoms with E-state index in [1.165, 1.54) is 6.34 Å². The molecule has 0 aliphatic carbocycles. The van der Waals surface area contributed by atoms with Gasteiger partial charge in [-0.05, 0) is 36.8 Å². The van der Waals surface area contributed by atoms with E-state index < -0.39 is 0 Å². The largest absolute Gasteiger partial charge is 0.508 e. The first-order valence-electron chi connectivity index (χ1n) is 6.84. The second-order valence-corrected chi connectivity index (χ2v) is 5.68. The minimum atomic E-state index is 0.0311. The lowest BCUT2D eigenvalue weighted by atomic mass is 10.2. The van der Waals surface area contributed by atoms with Crippen LogP contribution in [0.25, 0.3) is 0 Å². The summed E-state index contributed by atoms with van der Waals surface area (Å²) in [6, 6.07) is 8.15. The van der Waals surface area contributed by atoms with E-state index in [0.717, 1.165) is 23.4 Å². The molecular formula is C16H16N2O3S. The minimum Gasteiger partial charge on any atom is -0.508 e. The van der Waals surface area contributed by atoms with Gasteiger partial charge in [0.2, 0.25) is 0 Å². The molecule has 5 nitrogen and oxygen atoms in total. The summed E-state index contributed by atoms with van der Waals surface area (Å²) in [6.07, 6.45) is 3.40. The number of carbonyl (C=O) groups is 2. The van der Waals surface area contributed by atoms with Crippen LogP contribution in [0.3, 0.4) is 0 Å². The van der Waals surface area contributed by atoms with Gasteiger partial charge in [-0.15, -0.1) is 11.3 Å². The number of aromatic hydroxyl groups is 1. The molecule has 0 radical (unpaired) electrons. The van der Waals surface area contributed by atoms with Crippen LogP contribution in [0, 0.1) is 0 Å². The number of hydrogen-bond acceptors (Lipinski definition) is 5. The van der Waals surface area contributed by atoms with Crippen molar-refractivity contribution in [2.24, 2.45) is 4.99 Å². The molecule has 0 atom stereocenters. The third kappa shape index (κ3) is 4.02. The fourth-order valence-electron chi connectivity index (χ4n) is 1.80. The van der Waals surface area contributed by atoms with Crippen LogP contribution in [-0.2, 0) is 0 Å². The van der Waals surface area contributed by atoms with Gasteiger partial charge in [0.15, 0.2) is 12.1 Å². The molecule has 0 saturated carbocycles. The summed E-state index contributed by atoms with van der Waals surface area (Å²) in [4.78, 5) is 28.1. The summed E-state index contributed by atoms with van der Waals surface area (Å²) < 4.78 is 0. The minimum absolute atomic E-state index is 0.0311. The predicted octanol–water partition coefficient (Wildman–Crippen LogP) is 4.02. The maximum absolute atomic E-state index is 11.9. The maximum atomic E-state index is 11.9. The molecule has 0 amide bonds. The third-order valence-corrected chi connectivity index (χ3v) is 3.99. The van der Waals surface area contributed by atoms with E-state index >= 15 is 0 Å². The Morgan fingerprint density at radius 3 is 2.73 bits per heavy atom. The highest BCUT2D eigenvalue weighted by Crippen LogP contribution is 2.29. The molecule has 2 rings (SSSR count). The number of benzene rings is 1. The Balaban J connectivity index is 2.11. The van der Waals surface area contributed by atoms with E-state index in [-0.39, 0.29) is 11.5 Å². The zero-order valence-corrected chi connectivity index (χ0v) is 12.9. The first-order chi connectivity index (χ1) is 10.6. The summed E-state index contributed by atoms with van der Waals surface area (Å²) in [7, 11) is 0. The first-order valence-corrected chi connectivity index (χ1v) is 7.66. The molecule has 0 unspecified atom stereocenters. The Morgan fingerprint density at radius 2 is 2.09 bits per heavy atom. The normalized spacial score (nSPS) is 10.8. The van der Waals surface area contributed by atoms with Gasteiger partial charge >= 0.3 is 0 Å². The van der Waals surface area contributed by atoms with Crippen LogP contribution in [0.5, 0.6) is 5.75 Å². The molecule has 1 aromatic heterocycles. The molecule has 6 heteroatoms. The van der Waals surface area contributed by atoms with Crippen LogP contribution in [0.1, 0.15) is 39.1 Å². The number of nitrogens with one attached hydrogen (secondary N) is 1. The number of rotatable bonds is 7. The van der Waals surface area contributed by atoms with E-state index in [9.17, 15) is 14.7 Å². The van der Waals surface area contributed by atoms with Gasteiger partial charge in [-0.1, -0.05) is 6.92 Å². The summed E-state index contributed by atoms with van der Waals surface area (Å²) in [6.45, 7) is 1.94. The number of phenols is 1. The average Bonchev–Trinajstić information content (AvgIpc) is 2.93. The average molecular weight is 316 g/mol. The standard InChI is InChI=1S/C16H16N2O3S/c1-2-3-14(21)15-8-13(16(9-19)22-15)18-10-17-11-4-6-12(20)7-5-11/h4-10,20H,2-3H2,1H3,(H,17,18). The summed E-state index contributed by atoms with van der Waals surface area (Å²) in [5.41, 5.74) is 1.23. The van der Waals surface area contributed by atoms with Crippen LogP contribution in [-0.4, -0.2) is 23.5 Å². The number of thiophene rings is 1. The van der Waals surface area contributed by atoms with Crippen molar-refractivity contribution in [1.82, 2.24) is 0 Å². The number of anilines is 1. The number of hydrogen-bond donors (Lipinski definition) is 2. The third-order valence-electron chi connectivity index (χ3n) is 2.90. The Hall–Kier alpha value is -2.47. The van der Waals surface area contributed by atoms with Crippen LogP contribution >= 0.6 is 11.3 Å². The Kier molecular flexibility index (Phi) is 5.43. The number of aldehydes is 1. The van der Waals surface area contributed by atoms with Crippen molar-refractivity contribution in [3.8, 4) is 5.75 Å². The van der Waals surface area contributed by atoms with E-state index in [1.807, 2.05) is 6.92 Å². The van der Waals surface area contributed by atoms with E-state index in [4.69, 9.17) is 0 Å². The van der Waals surface area contributed by atoms with Crippen LogP contribution in [0.15, 0.2) is 35.3 Å². The molecule has 0 bridgehead atoms. The Morgan fingerprint density at radius 1 is 1.36 bits per heavy atom. The van der Waals surface area contributed by atoms with Gasteiger partial charge in [-0.25, -0.2) is 4.99 Å². The quantitative estimate of drug-likeness (QED) is 0.266. The Bertz CT molecular complexity index is 690. The van der Waals surface area contributed by atoms with Gasteiger partial charge in [-0.2, -0.15) is 0 Å². The lowest BCUT2D eigenvalue weighted by molar-refractivity contribution is 0.0985. The van der Waals surface area contributed by atoms with Crippen LogP contribution < -0.4 is 5.32 Å². The molecule has 1 heterocycles. The van der Waals surface area contributed by atoms with Gasteiger partial charge in [-0.3, -0.25) is 9.59 Å². The summed E-state index contributed by atoms with van der Waals surface area (Å²) in [5, 5.41) is 12.1. The number of nitrogens with zero attached hydrogens (tertiary/aromatic N) is 1. The number of phenolic OH excluding ortho intramolecular Hbond substituents is 1. The molecule has 0 spiro atoms. The van der Waals surface area contributed by atoms with E-state index in [1.54, 1.807) is 30.3 Å². The number of ketones is 1. The van der Waals surface area contributed by atoms with Gasteiger partial charge in [0.25, 0.3) is 0 Å². The van der Waals surface area contributed by atoms with Gasteiger partial charge in [0, 0.05) is 12.1 Å². The van der Waals surface area contributed by atoms with Crippen LogP contribution in [0.4, 0.5) is 11.4 Å². The molecule has 114 valence electrons. The van der Waals surface area contributed by atoms with Crippen LogP contribution in [0.2, 0.25) is 0 Å². The zero-order chi connectivity index (χ0) is 15.9. The van der Waals surface area contributed by atoms with Gasteiger partial charge in [0.1, 0.15) is 5.75 Å². The smallest absolute Gasteiger partial charge is 0.172 e. The highest BCUT2D eigenvalue weighted by atomic mass is 32.1. The van der Waals surface area contributed by atoms with Crippen molar-refractivity contribution in [3.05, 3.63) is 40.1 Å². The summed E-state index contributed by atoms with van der Waals surface area (Å²) in [5.74, 6) is 0.214. The predicted molar refractivity (Wildman–Crippen MR) is 88.8 cm³/mol. The Labute approximate surface area is 132 Å². The molecule has 0 saturated heterocycles. The monoisotopic (exact) mass is 316 g/mol. The van der Waals surface area contributed by atoms with Crippen molar-refractivity contribution in [3.63, 3.8) is 0 Å². The molecular weight excluding hydrogens is 300 g/mol. The topological polar surface area (TPSA) is 78.8 Å². The van der Waals surface area contributed by atoms with Crippen molar-refractivity contribution in [2.45, 2.75) is 19.8 Å². The second-order valence-electron chi connectivity index (χ2n) is 4.60. The van der Waals surface area contributed by atoms with E-state index in [2.05, 4.69) is 10.3 Å². The van der Waals surface area contributed by atoms with Gasteiger partial charge < -0.3 is 10.4 Å². The zero-order valence-electron chi connectivity index (χ0n) is 12.1. The fourth-order valence-corrected chi connectivity index (χ4v) is 2.69. The fraction of sp³-hybridized carbons (Fsp3) is 0.188. The molecule has 2 aromatic rings. The maximum Gasteiger partial charge on any atom is 0.172 e. The molecule has 0 aliphatic rings. The molecule has 0 aliphatic heterocycles. The second kappa shape index (κ2) is 7.51. The van der Waals surface area contributed by atoms with Gasteiger partial charge in [0.05, 0.1) is 21.8 Å². The van der Waals surface area contributed by atoms with E-state index in [0.29, 0.717) is 28.1 Å². The molecule has 0 fully saturated rings. The van der Waals surface area contributed by atoms with Crippen molar-refractivity contribution in [1.29, 1.82) is 0 Å². The first kappa shape index (κ1) is 15.9. The SMILES string of the molecule is CCCC(=O)c1cc(N=CNc2ccc(O)cc2)c(C=O)s1. The van der Waals surface area contributed by atoms with Crippen molar-refractivity contribution in [2.75, 3.05) is 5.32 Å². The lowest BCUT2D eigenvalue weighted by Crippen LogP contribution is -1.94. The molecule has 2 N–H and O–H groups in total. The lowest BCUT2D eigenvalue weighted by Gasteiger charge is -1.99. The van der Waals surface area contributed by atoms with Crippen molar-refractivity contribution >= 4 is 41.1 Å². The molecule has 1 aromatic carbocycles. The molecule has 22 heavy (non-hydrogen) atoms. The number of Topliss-reactive ketones (excluding diaryl/α,β-unsaturated/α-hetero) is 1.